The van der Waals surface area contributed by atoms with E-state index < -0.39 is 5.82 Å². The van der Waals surface area contributed by atoms with Crippen molar-refractivity contribution < 1.29 is 9.13 Å². The van der Waals surface area contributed by atoms with Crippen LogP contribution in [0.2, 0.25) is 0 Å². The monoisotopic (exact) mass is 257 g/mol. The van der Waals surface area contributed by atoms with E-state index in [4.69, 9.17) is 15.7 Å². The van der Waals surface area contributed by atoms with Gasteiger partial charge >= 0.3 is 0 Å². The Bertz CT molecular complexity index is 618. The highest BCUT2D eigenvalue weighted by atomic mass is 19.1. The van der Waals surface area contributed by atoms with Crippen LogP contribution >= 0.6 is 0 Å². The van der Waals surface area contributed by atoms with Gasteiger partial charge in [-0.3, -0.25) is 0 Å². The number of pyridine rings is 1. The molecule has 0 fully saturated rings. The fourth-order valence-corrected chi connectivity index (χ4v) is 1.53. The summed E-state index contributed by atoms with van der Waals surface area (Å²) in [5, 5.41) is 8.89. The molecule has 0 aliphatic heterocycles. The van der Waals surface area contributed by atoms with Crippen molar-refractivity contribution in [2.24, 2.45) is 5.73 Å². The number of halogens is 1. The Balaban J connectivity index is 2.27. The standard InChI is InChI=1S/C14H12FN3O/c1-9(17)10-5-6-14(18-8-10)19-13-4-2-3-12(15)11(13)7-16/h2-6,8-9H,17H2,1H3/t9-/m1/s1. The number of ether oxygens (including phenoxy) is 1. The summed E-state index contributed by atoms with van der Waals surface area (Å²) in [6.45, 7) is 1.85. The van der Waals surface area contributed by atoms with Gasteiger partial charge in [-0.2, -0.15) is 5.26 Å². The van der Waals surface area contributed by atoms with Gasteiger partial charge in [0.2, 0.25) is 5.88 Å². The van der Waals surface area contributed by atoms with Crippen LogP contribution < -0.4 is 10.5 Å². The van der Waals surface area contributed by atoms with Gasteiger partial charge in [-0.25, -0.2) is 9.37 Å². The molecular weight excluding hydrogens is 245 g/mol. The van der Waals surface area contributed by atoms with E-state index in [1.807, 2.05) is 6.92 Å². The van der Waals surface area contributed by atoms with Crippen LogP contribution in [-0.2, 0) is 0 Å². The molecule has 19 heavy (non-hydrogen) atoms. The van der Waals surface area contributed by atoms with E-state index in [9.17, 15) is 4.39 Å². The first-order valence-corrected chi connectivity index (χ1v) is 5.70. The highest BCUT2D eigenvalue weighted by Crippen LogP contribution is 2.25. The summed E-state index contributed by atoms with van der Waals surface area (Å²) in [5.74, 6) is -0.192. The molecule has 2 rings (SSSR count). The molecule has 0 bridgehead atoms. The molecule has 1 aromatic carbocycles. The first-order chi connectivity index (χ1) is 9.11. The third-order valence-electron chi connectivity index (χ3n) is 2.59. The fourth-order valence-electron chi connectivity index (χ4n) is 1.53. The molecule has 0 radical (unpaired) electrons. The second-order valence-corrected chi connectivity index (χ2v) is 4.05. The number of nitriles is 1. The number of benzene rings is 1. The molecule has 1 atom stereocenters. The maximum absolute atomic E-state index is 13.4. The predicted octanol–water partition coefficient (Wildman–Crippen LogP) is 2.90. The Morgan fingerprint density at radius 2 is 2.16 bits per heavy atom. The Labute approximate surface area is 110 Å². The molecular formula is C14H12FN3O. The normalized spacial score (nSPS) is 11.7. The second kappa shape index (κ2) is 5.46. The minimum Gasteiger partial charge on any atom is -0.438 e. The minimum absolute atomic E-state index is 0.120. The molecule has 0 spiro atoms. The fraction of sp³-hybridized carbons (Fsp3) is 0.143. The number of hydrogen-bond donors (Lipinski definition) is 1. The maximum atomic E-state index is 13.4. The van der Waals surface area contributed by atoms with Crippen molar-refractivity contribution in [2.45, 2.75) is 13.0 Å². The lowest BCUT2D eigenvalue weighted by atomic mass is 10.2. The zero-order valence-corrected chi connectivity index (χ0v) is 10.3. The number of hydrogen-bond acceptors (Lipinski definition) is 4. The molecule has 5 heteroatoms. The summed E-state index contributed by atoms with van der Waals surface area (Å²) in [4.78, 5) is 4.07. The highest BCUT2D eigenvalue weighted by Gasteiger charge is 2.10. The highest BCUT2D eigenvalue weighted by molar-refractivity contribution is 5.45. The van der Waals surface area contributed by atoms with E-state index in [1.165, 1.54) is 18.2 Å². The Morgan fingerprint density at radius 3 is 2.74 bits per heavy atom. The number of rotatable bonds is 3. The summed E-state index contributed by atoms with van der Waals surface area (Å²) in [5.41, 5.74) is 6.44. The average molecular weight is 257 g/mol. The molecule has 0 saturated heterocycles. The summed E-state index contributed by atoms with van der Waals surface area (Å²) in [6.07, 6.45) is 1.59. The minimum atomic E-state index is -0.618. The molecule has 2 N–H and O–H groups in total. The van der Waals surface area contributed by atoms with Crippen LogP contribution in [0.1, 0.15) is 24.1 Å². The van der Waals surface area contributed by atoms with E-state index in [0.29, 0.717) is 0 Å². The molecule has 0 amide bonds. The van der Waals surface area contributed by atoms with Gasteiger partial charge in [0.15, 0.2) is 0 Å². The van der Waals surface area contributed by atoms with Gasteiger partial charge in [0, 0.05) is 18.3 Å². The van der Waals surface area contributed by atoms with Crippen LogP contribution in [0, 0.1) is 17.1 Å². The number of nitrogens with two attached hydrogens (primary N) is 1. The van der Waals surface area contributed by atoms with Gasteiger partial charge in [0.05, 0.1) is 0 Å². The zero-order valence-electron chi connectivity index (χ0n) is 10.3. The van der Waals surface area contributed by atoms with E-state index in [1.54, 1.807) is 24.4 Å². The van der Waals surface area contributed by atoms with Gasteiger partial charge in [-0.15, -0.1) is 0 Å². The molecule has 1 heterocycles. The van der Waals surface area contributed by atoms with Crippen molar-refractivity contribution in [3.63, 3.8) is 0 Å². The van der Waals surface area contributed by atoms with Gasteiger partial charge in [-0.1, -0.05) is 12.1 Å². The zero-order chi connectivity index (χ0) is 13.8. The third-order valence-corrected chi connectivity index (χ3v) is 2.59. The van der Waals surface area contributed by atoms with Crippen molar-refractivity contribution in [3.05, 3.63) is 53.5 Å². The van der Waals surface area contributed by atoms with Crippen molar-refractivity contribution in [1.82, 2.24) is 4.98 Å². The van der Waals surface area contributed by atoms with Crippen molar-refractivity contribution in [2.75, 3.05) is 0 Å². The van der Waals surface area contributed by atoms with Gasteiger partial charge in [0.25, 0.3) is 0 Å². The molecule has 0 saturated carbocycles. The summed E-state index contributed by atoms with van der Waals surface area (Å²) < 4.78 is 18.8. The quantitative estimate of drug-likeness (QED) is 0.917. The molecule has 2 aromatic rings. The third kappa shape index (κ3) is 2.87. The Morgan fingerprint density at radius 1 is 1.37 bits per heavy atom. The second-order valence-electron chi connectivity index (χ2n) is 4.05. The lowest BCUT2D eigenvalue weighted by Crippen LogP contribution is -2.05. The summed E-state index contributed by atoms with van der Waals surface area (Å²) >= 11 is 0. The van der Waals surface area contributed by atoms with E-state index in [0.717, 1.165) is 5.56 Å². The summed E-state index contributed by atoms with van der Waals surface area (Å²) in [6, 6.07) is 9.25. The van der Waals surface area contributed by atoms with Crippen molar-refractivity contribution in [3.8, 4) is 17.7 Å². The van der Waals surface area contributed by atoms with Crippen molar-refractivity contribution >= 4 is 0 Å². The first-order valence-electron chi connectivity index (χ1n) is 5.70. The van der Waals surface area contributed by atoms with E-state index in [-0.39, 0.29) is 23.2 Å². The van der Waals surface area contributed by atoms with Crippen molar-refractivity contribution in [1.29, 1.82) is 5.26 Å². The van der Waals surface area contributed by atoms with Crippen LogP contribution in [0.5, 0.6) is 11.6 Å². The lowest BCUT2D eigenvalue weighted by molar-refractivity contribution is 0.455. The van der Waals surface area contributed by atoms with Crippen LogP contribution in [0.25, 0.3) is 0 Å². The average Bonchev–Trinajstić information content (AvgIpc) is 2.39. The molecule has 96 valence electrons. The van der Waals surface area contributed by atoms with E-state index >= 15 is 0 Å². The molecule has 1 aromatic heterocycles. The van der Waals surface area contributed by atoms with Gasteiger partial charge < -0.3 is 10.5 Å². The van der Waals surface area contributed by atoms with Crippen LogP contribution in [0.15, 0.2) is 36.5 Å². The van der Waals surface area contributed by atoms with Crippen LogP contribution in [0.3, 0.4) is 0 Å². The first kappa shape index (κ1) is 13.0. The summed E-state index contributed by atoms with van der Waals surface area (Å²) in [7, 11) is 0. The largest absolute Gasteiger partial charge is 0.438 e. The maximum Gasteiger partial charge on any atom is 0.219 e. The molecule has 0 aliphatic rings. The van der Waals surface area contributed by atoms with Gasteiger partial charge in [0.1, 0.15) is 23.2 Å². The van der Waals surface area contributed by atoms with Gasteiger partial charge in [-0.05, 0) is 24.6 Å². The predicted molar refractivity (Wildman–Crippen MR) is 68.0 cm³/mol. The lowest BCUT2D eigenvalue weighted by Gasteiger charge is -2.08. The number of aromatic nitrogens is 1. The number of nitrogens with zero attached hydrogens (tertiary/aromatic N) is 2. The Kier molecular flexibility index (Phi) is 3.74. The van der Waals surface area contributed by atoms with E-state index in [2.05, 4.69) is 4.98 Å². The SMILES string of the molecule is C[C@@H](N)c1ccc(Oc2cccc(F)c2C#N)nc1. The topological polar surface area (TPSA) is 71.9 Å². The molecule has 4 nitrogen and oxygen atoms in total. The molecule has 0 aliphatic carbocycles. The smallest absolute Gasteiger partial charge is 0.219 e. The Hall–Kier alpha value is -2.45. The van der Waals surface area contributed by atoms with Crippen LogP contribution in [0.4, 0.5) is 4.39 Å². The molecule has 0 unspecified atom stereocenters. The van der Waals surface area contributed by atoms with Crippen LogP contribution in [-0.4, -0.2) is 4.98 Å².